The zero-order valence-corrected chi connectivity index (χ0v) is 13.6. The van der Waals surface area contributed by atoms with Gasteiger partial charge in [0.15, 0.2) is 4.21 Å². The van der Waals surface area contributed by atoms with E-state index >= 15 is 0 Å². The van der Waals surface area contributed by atoms with Crippen LogP contribution in [0, 0.1) is 6.92 Å². The van der Waals surface area contributed by atoms with E-state index in [2.05, 4.69) is 4.98 Å². The van der Waals surface area contributed by atoms with Crippen LogP contribution >= 0.6 is 11.3 Å². The standard InChI is InChI=1S/C14H18N2O3S2/c1-3-13(17)10-16(12-7-5-4-6-8-12)21(18,19)14-9-15-11(2)20-14/h4-9,13,17H,3,10H2,1-2H3/t13-/m1/s1. The molecule has 0 amide bonds. The lowest BCUT2D eigenvalue weighted by molar-refractivity contribution is 0.179. The molecular formula is C14H18N2O3S2. The maximum absolute atomic E-state index is 12.8. The number of aliphatic hydroxyl groups is 1. The van der Waals surface area contributed by atoms with Gasteiger partial charge in [0.25, 0.3) is 10.0 Å². The van der Waals surface area contributed by atoms with Crippen molar-refractivity contribution in [1.82, 2.24) is 4.98 Å². The van der Waals surface area contributed by atoms with Crippen LogP contribution < -0.4 is 4.31 Å². The van der Waals surface area contributed by atoms with Gasteiger partial charge in [-0.1, -0.05) is 25.1 Å². The summed E-state index contributed by atoms with van der Waals surface area (Å²) in [7, 11) is -3.71. The summed E-state index contributed by atoms with van der Waals surface area (Å²) >= 11 is 1.13. The Balaban J connectivity index is 2.44. The highest BCUT2D eigenvalue weighted by Gasteiger charge is 2.28. The second-order valence-electron chi connectivity index (χ2n) is 4.63. The first-order chi connectivity index (χ1) is 9.95. The van der Waals surface area contributed by atoms with Crippen molar-refractivity contribution in [3.8, 4) is 0 Å². The first-order valence-corrected chi connectivity index (χ1v) is 8.89. The van der Waals surface area contributed by atoms with E-state index in [1.54, 1.807) is 31.2 Å². The van der Waals surface area contributed by atoms with Crippen LogP contribution in [0.1, 0.15) is 18.4 Å². The maximum atomic E-state index is 12.8. The van der Waals surface area contributed by atoms with Crippen LogP contribution in [0.25, 0.3) is 0 Å². The van der Waals surface area contributed by atoms with E-state index in [4.69, 9.17) is 0 Å². The molecule has 0 unspecified atom stereocenters. The summed E-state index contributed by atoms with van der Waals surface area (Å²) in [5.74, 6) is 0. The molecule has 1 aromatic heterocycles. The van der Waals surface area contributed by atoms with Gasteiger partial charge in [0, 0.05) is 0 Å². The number of aromatic nitrogens is 1. The normalized spacial score (nSPS) is 13.1. The van der Waals surface area contributed by atoms with Crippen LogP contribution in [0.15, 0.2) is 40.7 Å². The lowest BCUT2D eigenvalue weighted by atomic mass is 10.2. The van der Waals surface area contributed by atoms with E-state index in [0.717, 1.165) is 11.3 Å². The van der Waals surface area contributed by atoms with Crippen molar-refractivity contribution in [2.75, 3.05) is 10.8 Å². The first kappa shape index (κ1) is 15.9. The Labute approximate surface area is 128 Å². The van der Waals surface area contributed by atoms with Crippen LogP contribution in [-0.4, -0.2) is 31.2 Å². The van der Waals surface area contributed by atoms with Crippen LogP contribution in [0.2, 0.25) is 0 Å². The molecule has 0 fully saturated rings. The number of hydrogen-bond donors (Lipinski definition) is 1. The van der Waals surface area contributed by atoms with E-state index < -0.39 is 16.1 Å². The number of nitrogens with zero attached hydrogens (tertiary/aromatic N) is 2. The van der Waals surface area contributed by atoms with Gasteiger partial charge in [-0.05, 0) is 25.5 Å². The third-order valence-electron chi connectivity index (χ3n) is 3.04. The lowest BCUT2D eigenvalue weighted by Crippen LogP contribution is -2.37. The van der Waals surface area contributed by atoms with Crippen molar-refractivity contribution in [3.05, 3.63) is 41.5 Å². The molecule has 1 heterocycles. The van der Waals surface area contributed by atoms with Gasteiger partial charge < -0.3 is 5.11 Å². The summed E-state index contributed by atoms with van der Waals surface area (Å²) in [4.78, 5) is 4.01. The van der Waals surface area contributed by atoms with Gasteiger partial charge in [0.2, 0.25) is 0 Å². The predicted octanol–water partition coefficient (Wildman–Crippen LogP) is 2.42. The van der Waals surface area contributed by atoms with Crippen molar-refractivity contribution >= 4 is 27.0 Å². The topological polar surface area (TPSA) is 70.5 Å². The second-order valence-corrected chi connectivity index (χ2v) is 7.96. The molecule has 0 bridgehead atoms. The smallest absolute Gasteiger partial charge is 0.275 e. The fourth-order valence-corrected chi connectivity index (χ4v) is 4.55. The molecule has 0 aliphatic rings. The Morgan fingerprint density at radius 1 is 1.33 bits per heavy atom. The molecule has 5 nitrogen and oxygen atoms in total. The minimum absolute atomic E-state index is 0.0276. The molecule has 0 spiro atoms. The summed E-state index contributed by atoms with van der Waals surface area (Å²) in [5.41, 5.74) is 0.538. The Morgan fingerprint density at radius 3 is 2.52 bits per heavy atom. The van der Waals surface area contributed by atoms with Crippen LogP contribution in [0.3, 0.4) is 0 Å². The van der Waals surface area contributed by atoms with Crippen LogP contribution in [-0.2, 0) is 10.0 Å². The Kier molecular flexibility index (Phi) is 4.97. The third-order valence-corrected chi connectivity index (χ3v) is 6.18. The molecule has 0 saturated carbocycles. The molecule has 7 heteroatoms. The second kappa shape index (κ2) is 6.55. The molecule has 2 aromatic rings. The van der Waals surface area contributed by atoms with Gasteiger partial charge in [0.1, 0.15) is 0 Å². The minimum atomic E-state index is -3.71. The Bertz CT molecular complexity index is 683. The van der Waals surface area contributed by atoms with Crippen molar-refractivity contribution in [1.29, 1.82) is 0 Å². The van der Waals surface area contributed by atoms with Crippen LogP contribution in [0.5, 0.6) is 0 Å². The molecule has 0 saturated heterocycles. The number of sulfonamides is 1. The van der Waals surface area contributed by atoms with Crippen molar-refractivity contribution < 1.29 is 13.5 Å². The molecule has 1 N–H and O–H groups in total. The van der Waals surface area contributed by atoms with Crippen LogP contribution in [0.4, 0.5) is 5.69 Å². The number of aliphatic hydroxyl groups excluding tert-OH is 1. The number of rotatable bonds is 6. The number of hydrogen-bond acceptors (Lipinski definition) is 5. The largest absolute Gasteiger partial charge is 0.391 e. The average Bonchev–Trinajstić information content (AvgIpc) is 2.92. The number of benzene rings is 1. The fraction of sp³-hybridized carbons (Fsp3) is 0.357. The molecule has 114 valence electrons. The molecule has 0 aliphatic heterocycles. The molecule has 0 aliphatic carbocycles. The first-order valence-electron chi connectivity index (χ1n) is 6.63. The molecule has 2 rings (SSSR count). The van der Waals surface area contributed by atoms with E-state index in [1.807, 2.05) is 13.0 Å². The zero-order valence-electron chi connectivity index (χ0n) is 11.9. The maximum Gasteiger partial charge on any atom is 0.275 e. The van der Waals surface area contributed by atoms with E-state index in [-0.39, 0.29) is 10.8 Å². The molecule has 1 atom stereocenters. The Hall–Kier alpha value is -1.44. The Morgan fingerprint density at radius 2 is 2.00 bits per heavy atom. The molecule has 21 heavy (non-hydrogen) atoms. The fourth-order valence-electron chi connectivity index (χ4n) is 1.83. The van der Waals surface area contributed by atoms with Gasteiger partial charge >= 0.3 is 0 Å². The highest BCUT2D eigenvalue weighted by Crippen LogP contribution is 2.27. The van der Waals surface area contributed by atoms with E-state index in [9.17, 15) is 13.5 Å². The van der Waals surface area contributed by atoms with E-state index in [0.29, 0.717) is 17.1 Å². The van der Waals surface area contributed by atoms with Gasteiger partial charge in [-0.2, -0.15) is 0 Å². The minimum Gasteiger partial charge on any atom is -0.391 e. The van der Waals surface area contributed by atoms with Gasteiger partial charge in [-0.25, -0.2) is 13.4 Å². The average molecular weight is 326 g/mol. The molecule has 1 aromatic carbocycles. The van der Waals surface area contributed by atoms with Crippen molar-refractivity contribution in [3.63, 3.8) is 0 Å². The van der Waals surface area contributed by atoms with E-state index in [1.165, 1.54) is 10.5 Å². The highest BCUT2D eigenvalue weighted by molar-refractivity contribution is 7.94. The monoisotopic (exact) mass is 326 g/mol. The van der Waals surface area contributed by atoms with Gasteiger partial charge in [-0.15, -0.1) is 11.3 Å². The number of thiazole rings is 1. The summed E-state index contributed by atoms with van der Waals surface area (Å²) in [6.45, 7) is 3.61. The number of para-hydroxylation sites is 1. The van der Waals surface area contributed by atoms with Gasteiger partial charge in [0.05, 0.1) is 29.5 Å². The zero-order chi connectivity index (χ0) is 15.5. The molecule has 0 radical (unpaired) electrons. The highest BCUT2D eigenvalue weighted by atomic mass is 32.2. The van der Waals surface area contributed by atoms with Gasteiger partial charge in [-0.3, -0.25) is 4.31 Å². The summed E-state index contributed by atoms with van der Waals surface area (Å²) in [6.07, 6.45) is 1.14. The third kappa shape index (κ3) is 3.61. The lowest BCUT2D eigenvalue weighted by Gasteiger charge is -2.25. The number of aryl methyl sites for hydroxylation is 1. The quantitative estimate of drug-likeness (QED) is 0.885. The van der Waals surface area contributed by atoms with Crippen molar-refractivity contribution in [2.45, 2.75) is 30.6 Å². The predicted molar refractivity (Wildman–Crippen MR) is 84.1 cm³/mol. The number of anilines is 1. The molecular weight excluding hydrogens is 308 g/mol. The SMILES string of the molecule is CC[C@@H](O)CN(c1ccccc1)S(=O)(=O)c1cnc(C)s1. The summed E-state index contributed by atoms with van der Waals surface area (Å²) in [6, 6.07) is 8.80. The van der Waals surface area contributed by atoms with Crippen molar-refractivity contribution in [2.24, 2.45) is 0 Å². The summed E-state index contributed by atoms with van der Waals surface area (Å²) in [5, 5.41) is 10.6. The summed E-state index contributed by atoms with van der Waals surface area (Å²) < 4.78 is 27.0.